The summed E-state index contributed by atoms with van der Waals surface area (Å²) >= 11 is 0. The van der Waals surface area contributed by atoms with Gasteiger partial charge in [0.2, 0.25) is 5.91 Å². The van der Waals surface area contributed by atoms with Gasteiger partial charge in [0.15, 0.2) is 0 Å². The van der Waals surface area contributed by atoms with Crippen molar-refractivity contribution in [2.75, 3.05) is 13.6 Å². The van der Waals surface area contributed by atoms with Crippen LogP contribution in [0.1, 0.15) is 43.4 Å². The first-order chi connectivity index (χ1) is 12.7. The zero-order valence-corrected chi connectivity index (χ0v) is 15.7. The molecular weight excluding hydrogens is 322 g/mol. The Bertz CT molecular complexity index is 650. The fraction of sp³-hybridized carbons (Fsp3) is 0.409. The van der Waals surface area contributed by atoms with Crippen LogP contribution in [-0.4, -0.2) is 36.6 Å². The minimum absolute atomic E-state index is 0.0159. The van der Waals surface area contributed by atoms with Gasteiger partial charge in [-0.1, -0.05) is 67.1 Å². The number of nitrogens with one attached hydrogen (secondary N) is 2. The van der Waals surface area contributed by atoms with Gasteiger partial charge in [0, 0.05) is 0 Å². The van der Waals surface area contributed by atoms with Crippen LogP contribution in [0.3, 0.4) is 0 Å². The second-order valence-corrected chi connectivity index (χ2v) is 6.96. The van der Waals surface area contributed by atoms with Gasteiger partial charge in [-0.25, -0.2) is 0 Å². The molecule has 1 unspecified atom stereocenters. The number of unbranched alkanes of at least 4 members (excludes halogenated alkanes) is 1. The van der Waals surface area contributed by atoms with E-state index in [1.54, 1.807) is 0 Å². The molecule has 138 valence electrons. The summed E-state index contributed by atoms with van der Waals surface area (Å²) in [5.41, 5.74) is 2.30. The van der Waals surface area contributed by atoms with Crippen LogP contribution in [0.25, 0.3) is 0 Å². The third kappa shape index (κ3) is 4.14. The van der Waals surface area contributed by atoms with E-state index in [1.165, 1.54) is 0 Å². The molecule has 4 heteroatoms. The lowest BCUT2D eigenvalue weighted by Crippen LogP contribution is -2.38. The van der Waals surface area contributed by atoms with E-state index >= 15 is 0 Å². The van der Waals surface area contributed by atoms with Crippen molar-refractivity contribution in [1.29, 1.82) is 0 Å². The van der Waals surface area contributed by atoms with Gasteiger partial charge in [-0.3, -0.25) is 10.1 Å². The predicted molar refractivity (Wildman–Crippen MR) is 106 cm³/mol. The summed E-state index contributed by atoms with van der Waals surface area (Å²) in [4.78, 5) is 15.2. The third-order valence-electron chi connectivity index (χ3n) is 5.09. The Morgan fingerprint density at radius 3 is 2.12 bits per heavy atom. The fourth-order valence-electron chi connectivity index (χ4n) is 3.81. The van der Waals surface area contributed by atoms with Gasteiger partial charge in [0.25, 0.3) is 0 Å². The molecule has 0 bridgehead atoms. The van der Waals surface area contributed by atoms with Crippen molar-refractivity contribution in [2.24, 2.45) is 0 Å². The van der Waals surface area contributed by atoms with Crippen molar-refractivity contribution in [3.05, 3.63) is 71.8 Å². The maximum absolute atomic E-state index is 13.2. The summed E-state index contributed by atoms with van der Waals surface area (Å²) in [6, 6.07) is 20.5. The van der Waals surface area contributed by atoms with Crippen LogP contribution in [0.2, 0.25) is 0 Å². The molecule has 1 fully saturated rings. The Morgan fingerprint density at radius 2 is 1.58 bits per heavy atom. The summed E-state index contributed by atoms with van der Waals surface area (Å²) in [6.07, 6.45) is 3.04. The Kier molecular flexibility index (Phi) is 6.42. The maximum atomic E-state index is 13.2. The number of nitrogens with zero attached hydrogens (tertiary/aromatic N) is 1. The molecule has 4 nitrogen and oxygen atoms in total. The van der Waals surface area contributed by atoms with Gasteiger partial charge in [0.05, 0.1) is 18.2 Å². The average Bonchev–Trinajstić information content (AvgIpc) is 2.95. The molecule has 26 heavy (non-hydrogen) atoms. The van der Waals surface area contributed by atoms with Crippen molar-refractivity contribution in [2.45, 2.75) is 44.4 Å². The third-order valence-corrected chi connectivity index (χ3v) is 5.09. The first kappa shape index (κ1) is 18.6. The quantitative estimate of drug-likeness (QED) is 0.717. The van der Waals surface area contributed by atoms with Gasteiger partial charge in [0.1, 0.15) is 0 Å². The summed E-state index contributed by atoms with van der Waals surface area (Å²) < 4.78 is 0. The summed E-state index contributed by atoms with van der Waals surface area (Å²) in [5.74, 6) is 0.208. The molecule has 0 spiro atoms. The Labute approximate surface area is 156 Å². The largest absolute Gasteiger partial charge is 0.320 e. The number of hydrogen-bond donors (Lipinski definition) is 2. The number of carbonyl (C=O) groups is 1. The van der Waals surface area contributed by atoms with Crippen molar-refractivity contribution in [3.8, 4) is 0 Å². The smallest absolute Gasteiger partial charge is 0.241 e. The Balaban J connectivity index is 1.83. The highest BCUT2D eigenvalue weighted by Gasteiger charge is 2.40. The molecule has 1 aliphatic heterocycles. The SMILES string of the molecule is CNCCCCC1N[C@@H](C)N(C(c2ccccc2)c2ccccc2)C1=O. The first-order valence-corrected chi connectivity index (χ1v) is 9.55. The molecule has 0 radical (unpaired) electrons. The molecule has 2 aromatic carbocycles. The topological polar surface area (TPSA) is 44.4 Å². The van der Waals surface area contributed by atoms with Gasteiger partial charge in [-0.05, 0) is 44.5 Å². The van der Waals surface area contributed by atoms with Crippen LogP contribution in [0, 0.1) is 0 Å². The summed E-state index contributed by atoms with van der Waals surface area (Å²) in [7, 11) is 1.97. The Morgan fingerprint density at radius 1 is 1.00 bits per heavy atom. The van der Waals surface area contributed by atoms with Crippen LogP contribution in [0.5, 0.6) is 0 Å². The lowest BCUT2D eigenvalue weighted by atomic mass is 9.96. The van der Waals surface area contributed by atoms with E-state index in [1.807, 2.05) is 48.3 Å². The molecule has 2 N–H and O–H groups in total. The van der Waals surface area contributed by atoms with Crippen LogP contribution in [0.4, 0.5) is 0 Å². The first-order valence-electron chi connectivity index (χ1n) is 9.55. The number of amides is 1. The van der Waals surface area contributed by atoms with Crippen molar-refractivity contribution in [1.82, 2.24) is 15.5 Å². The normalized spacial score (nSPS) is 20.1. The summed E-state index contributed by atoms with van der Waals surface area (Å²) in [6.45, 7) is 3.08. The highest BCUT2D eigenvalue weighted by molar-refractivity contribution is 5.85. The second kappa shape index (κ2) is 8.97. The van der Waals surface area contributed by atoms with Crippen molar-refractivity contribution < 1.29 is 4.79 Å². The van der Waals surface area contributed by atoms with E-state index in [4.69, 9.17) is 0 Å². The number of carbonyl (C=O) groups excluding carboxylic acids is 1. The second-order valence-electron chi connectivity index (χ2n) is 6.96. The molecular formula is C22H29N3O. The highest BCUT2D eigenvalue weighted by atomic mass is 16.2. The predicted octanol–water partition coefficient (Wildman–Crippen LogP) is 3.31. The van der Waals surface area contributed by atoms with Crippen LogP contribution < -0.4 is 10.6 Å². The van der Waals surface area contributed by atoms with Gasteiger partial charge in [-0.15, -0.1) is 0 Å². The van der Waals surface area contributed by atoms with E-state index < -0.39 is 0 Å². The molecule has 2 atom stereocenters. The van der Waals surface area contributed by atoms with Crippen molar-refractivity contribution in [3.63, 3.8) is 0 Å². The van der Waals surface area contributed by atoms with E-state index in [0.717, 1.165) is 36.9 Å². The fourth-order valence-corrected chi connectivity index (χ4v) is 3.81. The van der Waals surface area contributed by atoms with Gasteiger partial charge >= 0.3 is 0 Å². The molecule has 1 aliphatic rings. The van der Waals surface area contributed by atoms with Crippen LogP contribution in [-0.2, 0) is 4.79 Å². The molecule has 3 rings (SSSR count). The van der Waals surface area contributed by atoms with Crippen molar-refractivity contribution >= 4 is 5.91 Å². The number of rotatable bonds is 8. The molecule has 2 aromatic rings. The van der Waals surface area contributed by atoms with Crippen LogP contribution >= 0.6 is 0 Å². The lowest BCUT2D eigenvalue weighted by molar-refractivity contribution is -0.131. The standard InChI is InChI=1S/C22H29N3O/c1-17-24-20(15-9-10-16-23-2)22(26)25(17)21(18-11-5-3-6-12-18)19-13-7-4-8-14-19/h3-8,11-14,17,20-21,23-24H,9-10,15-16H2,1-2H3/t17-,20?/m1/s1. The minimum Gasteiger partial charge on any atom is -0.320 e. The summed E-state index contributed by atoms with van der Waals surface area (Å²) in [5, 5.41) is 6.67. The molecule has 0 aliphatic carbocycles. The van der Waals surface area contributed by atoms with Gasteiger partial charge in [-0.2, -0.15) is 0 Å². The molecule has 1 saturated heterocycles. The zero-order valence-electron chi connectivity index (χ0n) is 15.7. The average molecular weight is 351 g/mol. The molecule has 1 heterocycles. The monoisotopic (exact) mass is 351 g/mol. The van der Waals surface area contributed by atoms with E-state index in [2.05, 4.69) is 41.8 Å². The number of hydrogen-bond acceptors (Lipinski definition) is 3. The molecule has 1 amide bonds. The lowest BCUT2D eigenvalue weighted by Gasteiger charge is -2.32. The zero-order chi connectivity index (χ0) is 18.4. The maximum Gasteiger partial charge on any atom is 0.241 e. The molecule has 0 saturated carbocycles. The number of benzene rings is 2. The van der Waals surface area contributed by atoms with Gasteiger partial charge < -0.3 is 10.2 Å². The highest BCUT2D eigenvalue weighted by Crippen LogP contribution is 2.33. The van der Waals surface area contributed by atoms with E-state index in [9.17, 15) is 4.79 Å². The van der Waals surface area contributed by atoms with E-state index in [0.29, 0.717) is 0 Å². The molecule has 0 aromatic heterocycles. The Hall–Kier alpha value is -2.17. The van der Waals surface area contributed by atoms with E-state index in [-0.39, 0.29) is 24.2 Å². The van der Waals surface area contributed by atoms with Crippen LogP contribution in [0.15, 0.2) is 60.7 Å². The minimum atomic E-state index is -0.0863.